The molecule has 4 heterocycles. The summed E-state index contributed by atoms with van der Waals surface area (Å²) in [7, 11) is -11.6. The number of carbonyl (C=O) groups is 3. The van der Waals surface area contributed by atoms with Gasteiger partial charge in [-0.15, -0.1) is 12.4 Å². The third-order valence-corrected chi connectivity index (χ3v) is 17.3. The van der Waals surface area contributed by atoms with E-state index in [-0.39, 0.29) is 77.6 Å². The number of alkyl carbamates (subject to hydrolysis) is 2. The van der Waals surface area contributed by atoms with Crippen molar-refractivity contribution >= 4 is 69.9 Å². The molecule has 2 aromatic carbocycles. The van der Waals surface area contributed by atoms with Crippen LogP contribution in [0.3, 0.4) is 0 Å². The van der Waals surface area contributed by atoms with Gasteiger partial charge in [-0.25, -0.2) is 43.3 Å². The van der Waals surface area contributed by atoms with Crippen LogP contribution in [-0.2, 0) is 71.6 Å². The molecular weight excluding hydrogens is 924 g/mol. The number of hydrogen-bond acceptors (Lipinski definition) is 16. The van der Waals surface area contributed by atoms with Gasteiger partial charge in [0.2, 0.25) is 0 Å². The first-order valence-electron chi connectivity index (χ1n) is 19.9. The lowest BCUT2D eigenvalue weighted by atomic mass is 10.0. The zero-order valence-corrected chi connectivity index (χ0v) is 40.9. The van der Waals surface area contributed by atoms with E-state index in [4.69, 9.17) is 20.9 Å². The lowest BCUT2D eigenvalue weighted by Crippen LogP contribution is -2.47. The first-order valence-corrected chi connectivity index (χ1v) is 27.2. The normalized spacial score (nSPS) is 27.5. The van der Waals surface area contributed by atoms with Gasteiger partial charge in [0, 0.05) is 18.0 Å². The van der Waals surface area contributed by atoms with Crippen LogP contribution in [0.25, 0.3) is 0 Å². The van der Waals surface area contributed by atoms with E-state index < -0.39 is 73.7 Å². The number of esters is 1. The maximum atomic E-state index is 11.7. The quantitative estimate of drug-likeness (QED) is 0.229. The maximum absolute atomic E-state index is 11.7. The minimum Gasteiger partial charge on any atom is -0.466 e. The Labute approximate surface area is 379 Å². The van der Waals surface area contributed by atoms with Crippen LogP contribution in [0.2, 0.25) is 0 Å². The van der Waals surface area contributed by atoms with Crippen molar-refractivity contribution in [2.75, 3.05) is 52.6 Å². The molecule has 4 saturated heterocycles. The van der Waals surface area contributed by atoms with Gasteiger partial charge < -0.3 is 36.3 Å². The summed E-state index contributed by atoms with van der Waals surface area (Å²) in [6, 6.07) is 18.6. The third-order valence-electron chi connectivity index (χ3n) is 9.66. The Bertz CT molecular complexity index is 2100. The van der Waals surface area contributed by atoms with Crippen LogP contribution in [0.5, 0.6) is 0 Å². The molecule has 63 heavy (non-hydrogen) atoms. The van der Waals surface area contributed by atoms with Gasteiger partial charge in [-0.2, -0.15) is 0 Å². The summed E-state index contributed by atoms with van der Waals surface area (Å²) in [4.78, 5) is 33.1. The molecule has 2 aromatic rings. The fourth-order valence-electron chi connectivity index (χ4n) is 6.50. The Morgan fingerprint density at radius 2 is 0.841 bits per heavy atom. The molecule has 23 heteroatoms. The lowest BCUT2D eigenvalue weighted by molar-refractivity contribution is -0.140. The number of rotatable bonds is 7. The van der Waals surface area contributed by atoms with Crippen molar-refractivity contribution in [3.05, 3.63) is 71.8 Å². The number of hydrogen-bond donors (Lipinski definition) is 4. The van der Waals surface area contributed by atoms with Crippen LogP contribution >= 0.6 is 12.4 Å². The Kier molecular flexibility index (Phi) is 22.0. The third kappa shape index (κ3) is 24.4. The summed E-state index contributed by atoms with van der Waals surface area (Å²) in [5.74, 6) is 0.795. The van der Waals surface area contributed by atoms with Crippen molar-refractivity contribution in [1.82, 2.24) is 10.6 Å². The van der Waals surface area contributed by atoms with Gasteiger partial charge in [-0.3, -0.25) is 4.79 Å². The molecule has 360 valence electrons. The molecule has 18 nitrogen and oxygen atoms in total. The number of sulfone groups is 4. The highest BCUT2D eigenvalue weighted by Crippen LogP contribution is 2.24. The molecule has 6 rings (SSSR count). The van der Waals surface area contributed by atoms with Crippen molar-refractivity contribution in [3.63, 3.8) is 0 Å². The van der Waals surface area contributed by atoms with Gasteiger partial charge in [-0.05, 0) is 71.4 Å². The summed E-state index contributed by atoms with van der Waals surface area (Å²) in [5.41, 5.74) is 10.6. The fraction of sp³-hybridized carbons (Fsp3) is 0.625. The van der Waals surface area contributed by atoms with Crippen molar-refractivity contribution in [3.8, 4) is 0 Å². The van der Waals surface area contributed by atoms with Gasteiger partial charge >= 0.3 is 18.2 Å². The molecule has 6 N–H and O–H groups in total. The van der Waals surface area contributed by atoms with Crippen LogP contribution < -0.4 is 22.1 Å². The van der Waals surface area contributed by atoms with E-state index in [1.807, 2.05) is 60.7 Å². The first kappa shape index (κ1) is 57.5. The van der Waals surface area contributed by atoms with Gasteiger partial charge in [0.25, 0.3) is 0 Å². The predicted octanol–water partition coefficient (Wildman–Crippen LogP) is 3.02. The minimum absolute atomic E-state index is 0. The zero-order valence-electron chi connectivity index (χ0n) is 36.8. The van der Waals surface area contributed by atoms with Crippen molar-refractivity contribution in [1.29, 1.82) is 0 Å². The second-order valence-electron chi connectivity index (χ2n) is 17.1. The van der Waals surface area contributed by atoms with E-state index in [2.05, 4.69) is 15.4 Å². The monoisotopic (exact) mass is 988 g/mol. The molecule has 4 atom stereocenters. The molecule has 4 aliphatic rings. The van der Waals surface area contributed by atoms with Crippen LogP contribution in [0.15, 0.2) is 60.7 Å². The van der Waals surface area contributed by atoms with Gasteiger partial charge in [-0.1, -0.05) is 60.7 Å². The molecule has 4 fully saturated rings. The molecule has 0 spiro atoms. The molecular formula is C40H65ClN4O14S4. The van der Waals surface area contributed by atoms with E-state index >= 15 is 0 Å². The highest BCUT2D eigenvalue weighted by atomic mass is 35.5. The Morgan fingerprint density at radius 3 is 1.03 bits per heavy atom. The highest BCUT2D eigenvalue weighted by molar-refractivity contribution is 7.92. The van der Waals surface area contributed by atoms with Crippen LogP contribution in [0.1, 0.15) is 78.4 Å². The topological polar surface area (TPSA) is 292 Å². The maximum Gasteiger partial charge on any atom is 0.407 e. The number of carbonyl (C=O) groups excluding carboxylic acids is 3. The molecule has 0 bridgehead atoms. The van der Waals surface area contributed by atoms with E-state index in [9.17, 15) is 48.1 Å². The molecule has 4 aliphatic heterocycles. The smallest absolute Gasteiger partial charge is 0.407 e. The van der Waals surface area contributed by atoms with Crippen LogP contribution in [0.4, 0.5) is 9.59 Å². The SMILES string of the molecule is CC1(N)CCS(=O)(=O)C1.CC1(N)CCS(=O)(=O)C1.CC1(NC(=O)OCc2ccccc2)CCS(=O)(=O)C1.CC1(NC(=O)OCc2ccccc2)CCS(=O)(=O)C1.CCOC(C)=O.Cl. The average Bonchev–Trinajstić information content (AvgIpc) is 3.79. The second kappa shape index (κ2) is 24.1. The summed E-state index contributed by atoms with van der Waals surface area (Å²) >= 11 is 0. The lowest BCUT2D eigenvalue weighted by Gasteiger charge is -2.23. The molecule has 0 aliphatic carbocycles. The van der Waals surface area contributed by atoms with E-state index in [0.717, 1.165) is 11.1 Å². The molecule has 0 aromatic heterocycles. The zero-order chi connectivity index (χ0) is 47.1. The first-order chi connectivity index (χ1) is 28.4. The van der Waals surface area contributed by atoms with Crippen LogP contribution in [0, 0.1) is 0 Å². The minimum atomic E-state index is -3.04. The Balaban J connectivity index is 0.000000419. The molecule has 0 radical (unpaired) electrons. The van der Waals surface area contributed by atoms with E-state index in [0.29, 0.717) is 32.3 Å². The number of halogens is 1. The average molecular weight is 990 g/mol. The summed E-state index contributed by atoms with van der Waals surface area (Å²) < 4.78 is 103. The Hall–Kier alpha value is -3.54. The summed E-state index contributed by atoms with van der Waals surface area (Å²) in [6.07, 6.45) is 0.905. The Morgan fingerprint density at radius 1 is 0.540 bits per heavy atom. The van der Waals surface area contributed by atoms with Gasteiger partial charge in [0.05, 0.1) is 63.7 Å². The van der Waals surface area contributed by atoms with Gasteiger partial charge in [0.15, 0.2) is 39.3 Å². The number of amides is 2. The molecule has 0 saturated carbocycles. The van der Waals surface area contributed by atoms with Gasteiger partial charge in [0.1, 0.15) is 13.2 Å². The predicted molar refractivity (Wildman–Crippen MR) is 244 cm³/mol. The fourth-order valence-corrected chi connectivity index (χ4v) is 14.8. The standard InChI is InChI=1S/2C13H17NO4S.2C5H11NO2S.C4H8O2.ClH/c2*1-13(7-8-19(16,17)10-13)14-12(15)18-9-11-5-3-2-4-6-11;2*1-5(6)2-3-9(7,8)4-5;1-3-6-4(2)5;/h2*2-6H,7-10H2,1H3,(H,14,15);2*2-4,6H2,1H3;3H2,1-2H3;1H. The summed E-state index contributed by atoms with van der Waals surface area (Å²) in [5, 5.41) is 5.28. The van der Waals surface area contributed by atoms with Crippen molar-refractivity contribution < 1.29 is 62.3 Å². The molecule has 2 amide bonds. The largest absolute Gasteiger partial charge is 0.466 e. The number of ether oxygens (including phenoxy) is 3. The van der Waals surface area contributed by atoms with E-state index in [1.165, 1.54) is 6.92 Å². The van der Waals surface area contributed by atoms with Crippen molar-refractivity contribution in [2.45, 2.75) is 103 Å². The highest BCUT2D eigenvalue weighted by Gasteiger charge is 2.41. The van der Waals surface area contributed by atoms with E-state index in [1.54, 1.807) is 34.6 Å². The summed E-state index contributed by atoms with van der Waals surface area (Å²) in [6.45, 7) is 11.0. The number of nitrogens with two attached hydrogens (primary N) is 2. The van der Waals surface area contributed by atoms with Crippen LogP contribution in [-0.4, -0.2) is 127 Å². The molecule has 4 unspecified atom stereocenters. The number of nitrogens with one attached hydrogen (secondary N) is 2. The van der Waals surface area contributed by atoms with Crippen molar-refractivity contribution in [2.24, 2.45) is 11.5 Å². The number of benzene rings is 2. The second-order valence-corrected chi connectivity index (χ2v) is 25.8.